The van der Waals surface area contributed by atoms with Gasteiger partial charge in [0, 0.05) is 6.54 Å². The molecule has 0 aliphatic carbocycles. The number of nitrogens with one attached hydrogen (secondary N) is 1. The molecule has 0 saturated carbocycles. The summed E-state index contributed by atoms with van der Waals surface area (Å²) >= 11 is 1.94. The minimum absolute atomic E-state index is 0.0270. The summed E-state index contributed by atoms with van der Waals surface area (Å²) in [5, 5.41) is 13.8. The number of anilines is 2. The third-order valence-corrected chi connectivity index (χ3v) is 3.87. The summed E-state index contributed by atoms with van der Waals surface area (Å²) in [6.07, 6.45) is 1.18. The summed E-state index contributed by atoms with van der Waals surface area (Å²) in [4.78, 5) is 14.2. The Labute approximate surface area is 103 Å². The highest BCUT2D eigenvalue weighted by atomic mass is 32.2. The first-order valence-corrected chi connectivity index (χ1v) is 6.54. The second kappa shape index (κ2) is 5.22. The highest BCUT2D eigenvalue weighted by Crippen LogP contribution is 2.24. The minimum atomic E-state index is -0.464. The maximum Gasteiger partial charge on any atom is 0.276 e. The van der Waals surface area contributed by atoms with E-state index in [1.165, 1.54) is 24.3 Å². The molecule has 0 spiro atoms. The molecule has 1 saturated heterocycles. The zero-order valence-corrected chi connectivity index (χ0v) is 10.1. The predicted octanol–water partition coefficient (Wildman–Crippen LogP) is 1.74. The van der Waals surface area contributed by atoms with E-state index in [0.29, 0.717) is 11.7 Å². The van der Waals surface area contributed by atoms with Gasteiger partial charge >= 0.3 is 0 Å². The molecule has 1 aliphatic heterocycles. The molecule has 1 atom stereocenters. The van der Waals surface area contributed by atoms with Crippen molar-refractivity contribution in [2.45, 2.75) is 6.42 Å². The number of thioether (sulfide) groups is 1. The van der Waals surface area contributed by atoms with E-state index < -0.39 is 4.92 Å². The van der Waals surface area contributed by atoms with Gasteiger partial charge in [-0.05, 0) is 23.8 Å². The fourth-order valence-electron chi connectivity index (χ4n) is 1.73. The molecule has 6 nitrogen and oxygen atoms in total. The van der Waals surface area contributed by atoms with Gasteiger partial charge < -0.3 is 11.1 Å². The summed E-state index contributed by atoms with van der Waals surface area (Å²) in [5.41, 5.74) is 5.49. The van der Waals surface area contributed by atoms with E-state index in [-0.39, 0.29) is 11.5 Å². The Kier molecular flexibility index (Phi) is 3.68. The van der Waals surface area contributed by atoms with Crippen molar-refractivity contribution in [2.75, 3.05) is 29.1 Å². The average Bonchev–Trinajstić information content (AvgIpc) is 2.78. The molecule has 3 N–H and O–H groups in total. The molecule has 0 bridgehead atoms. The van der Waals surface area contributed by atoms with Crippen molar-refractivity contribution in [2.24, 2.45) is 5.92 Å². The van der Waals surface area contributed by atoms with Crippen LogP contribution in [0.4, 0.5) is 17.3 Å². The highest BCUT2D eigenvalue weighted by molar-refractivity contribution is 7.99. The van der Waals surface area contributed by atoms with Crippen LogP contribution in [0, 0.1) is 16.0 Å². The molecule has 0 aromatic carbocycles. The molecule has 92 valence electrons. The van der Waals surface area contributed by atoms with Gasteiger partial charge in [-0.3, -0.25) is 10.1 Å². The number of rotatable bonds is 4. The van der Waals surface area contributed by atoms with Gasteiger partial charge in [0.05, 0.1) is 17.1 Å². The highest BCUT2D eigenvalue weighted by Gasteiger charge is 2.16. The first kappa shape index (κ1) is 12.0. The molecule has 0 amide bonds. The number of nitrogens with two attached hydrogens (primary N) is 1. The monoisotopic (exact) mass is 254 g/mol. The lowest BCUT2D eigenvalue weighted by Gasteiger charge is -2.10. The SMILES string of the molecule is Nc1cc([N+](=O)[O-])cc(NCC2CCSC2)n1. The first-order valence-electron chi connectivity index (χ1n) is 5.38. The van der Waals surface area contributed by atoms with Gasteiger partial charge in [-0.2, -0.15) is 11.8 Å². The Morgan fingerprint density at radius 3 is 3.12 bits per heavy atom. The van der Waals surface area contributed by atoms with Gasteiger partial charge in [-0.25, -0.2) is 4.98 Å². The van der Waals surface area contributed by atoms with Gasteiger partial charge in [0.25, 0.3) is 5.69 Å². The van der Waals surface area contributed by atoms with Crippen molar-refractivity contribution >= 4 is 29.1 Å². The van der Waals surface area contributed by atoms with Crippen LogP contribution in [0.2, 0.25) is 0 Å². The number of nitro groups is 1. The van der Waals surface area contributed by atoms with E-state index in [1.807, 2.05) is 11.8 Å². The summed E-state index contributed by atoms with van der Waals surface area (Å²) in [5.74, 6) is 3.59. The van der Waals surface area contributed by atoms with Crippen molar-refractivity contribution in [3.8, 4) is 0 Å². The third kappa shape index (κ3) is 3.23. The van der Waals surface area contributed by atoms with Crippen LogP contribution in [0.15, 0.2) is 12.1 Å². The molecule has 0 radical (unpaired) electrons. The first-order chi connectivity index (χ1) is 8.15. The Morgan fingerprint density at radius 2 is 2.47 bits per heavy atom. The summed E-state index contributed by atoms with van der Waals surface area (Å²) in [6.45, 7) is 0.792. The number of nitrogen functional groups attached to an aromatic ring is 1. The number of hydrogen-bond donors (Lipinski definition) is 2. The quantitative estimate of drug-likeness (QED) is 0.627. The molecule has 1 aliphatic rings. The Bertz CT molecular complexity index is 421. The van der Waals surface area contributed by atoms with E-state index in [0.717, 1.165) is 12.3 Å². The summed E-state index contributed by atoms with van der Waals surface area (Å²) in [7, 11) is 0. The van der Waals surface area contributed by atoms with Crippen LogP contribution in [0.25, 0.3) is 0 Å². The Morgan fingerprint density at radius 1 is 1.65 bits per heavy atom. The number of nitrogens with zero attached hydrogens (tertiary/aromatic N) is 2. The lowest BCUT2D eigenvalue weighted by molar-refractivity contribution is -0.384. The van der Waals surface area contributed by atoms with Gasteiger partial charge in [0.1, 0.15) is 11.6 Å². The zero-order valence-electron chi connectivity index (χ0n) is 9.26. The fourth-order valence-corrected chi connectivity index (χ4v) is 3.01. The van der Waals surface area contributed by atoms with Crippen LogP contribution in [0.5, 0.6) is 0 Å². The fraction of sp³-hybridized carbons (Fsp3) is 0.500. The standard InChI is InChI=1S/C10H14N4O2S/c11-9-3-8(14(15)16)4-10(13-9)12-5-7-1-2-17-6-7/h3-4,7H,1-2,5-6H2,(H3,11,12,13). The minimum Gasteiger partial charge on any atom is -0.383 e. The van der Waals surface area contributed by atoms with Crippen molar-refractivity contribution in [3.63, 3.8) is 0 Å². The number of aromatic nitrogens is 1. The second-order valence-electron chi connectivity index (χ2n) is 4.00. The van der Waals surface area contributed by atoms with Gasteiger partial charge in [0.2, 0.25) is 0 Å². The molecule has 1 aromatic heterocycles. The number of hydrogen-bond acceptors (Lipinski definition) is 6. The van der Waals surface area contributed by atoms with Crippen molar-refractivity contribution in [1.29, 1.82) is 0 Å². The molecule has 2 rings (SSSR count). The zero-order chi connectivity index (χ0) is 12.3. The maximum atomic E-state index is 10.7. The van der Waals surface area contributed by atoms with Crippen LogP contribution in [0.1, 0.15) is 6.42 Å². The molecule has 1 unspecified atom stereocenters. The topological polar surface area (TPSA) is 94.1 Å². The summed E-state index contributed by atoms with van der Waals surface area (Å²) in [6, 6.07) is 2.68. The normalized spacial score (nSPS) is 19.2. The van der Waals surface area contributed by atoms with Crippen LogP contribution in [-0.2, 0) is 0 Å². The van der Waals surface area contributed by atoms with Crippen LogP contribution < -0.4 is 11.1 Å². The van der Waals surface area contributed by atoms with Crippen molar-refractivity contribution in [1.82, 2.24) is 4.98 Å². The van der Waals surface area contributed by atoms with E-state index in [4.69, 9.17) is 5.73 Å². The lowest BCUT2D eigenvalue weighted by Crippen LogP contribution is -2.14. The molecule has 1 aromatic rings. The predicted molar refractivity (Wildman–Crippen MR) is 69.2 cm³/mol. The number of pyridine rings is 1. The van der Waals surface area contributed by atoms with E-state index in [2.05, 4.69) is 10.3 Å². The molecule has 17 heavy (non-hydrogen) atoms. The van der Waals surface area contributed by atoms with Crippen LogP contribution in [0.3, 0.4) is 0 Å². The van der Waals surface area contributed by atoms with E-state index >= 15 is 0 Å². The van der Waals surface area contributed by atoms with Gasteiger partial charge in [-0.15, -0.1) is 0 Å². The van der Waals surface area contributed by atoms with Crippen LogP contribution in [-0.4, -0.2) is 28.0 Å². The van der Waals surface area contributed by atoms with E-state index in [1.54, 1.807) is 0 Å². The Balaban J connectivity index is 2.01. The third-order valence-electron chi connectivity index (χ3n) is 2.64. The molecule has 1 fully saturated rings. The van der Waals surface area contributed by atoms with Crippen molar-refractivity contribution in [3.05, 3.63) is 22.2 Å². The van der Waals surface area contributed by atoms with Gasteiger partial charge in [-0.1, -0.05) is 0 Å². The Hall–Kier alpha value is -1.50. The maximum absolute atomic E-state index is 10.7. The van der Waals surface area contributed by atoms with Gasteiger partial charge in [0.15, 0.2) is 0 Å². The molecular formula is C10H14N4O2S. The average molecular weight is 254 g/mol. The lowest BCUT2D eigenvalue weighted by atomic mass is 10.1. The summed E-state index contributed by atoms with van der Waals surface area (Å²) < 4.78 is 0. The van der Waals surface area contributed by atoms with E-state index in [9.17, 15) is 10.1 Å². The largest absolute Gasteiger partial charge is 0.383 e. The smallest absolute Gasteiger partial charge is 0.276 e. The second-order valence-corrected chi connectivity index (χ2v) is 5.15. The molecule has 2 heterocycles. The molecule has 7 heteroatoms. The van der Waals surface area contributed by atoms with Crippen LogP contribution >= 0.6 is 11.8 Å². The van der Waals surface area contributed by atoms with Crippen molar-refractivity contribution < 1.29 is 4.92 Å². The molecular weight excluding hydrogens is 240 g/mol.